The van der Waals surface area contributed by atoms with Gasteiger partial charge in [0.25, 0.3) is 5.91 Å². The molecule has 2 aromatic rings. The van der Waals surface area contributed by atoms with Crippen molar-refractivity contribution in [2.45, 2.75) is 47.1 Å². The zero-order chi connectivity index (χ0) is 18.8. The number of nitrogens with zero attached hydrogens (tertiary/aromatic N) is 2. The zero-order valence-electron chi connectivity index (χ0n) is 15.8. The first kappa shape index (κ1) is 18.6. The summed E-state index contributed by atoms with van der Waals surface area (Å²) >= 11 is 1.34. The van der Waals surface area contributed by atoms with Crippen LogP contribution in [0.4, 0.5) is 5.00 Å². The van der Waals surface area contributed by atoms with Gasteiger partial charge >= 0.3 is 0 Å². The van der Waals surface area contributed by atoms with Gasteiger partial charge in [0.1, 0.15) is 0 Å². The number of anilines is 1. The van der Waals surface area contributed by atoms with Crippen LogP contribution in [0.5, 0.6) is 0 Å². The van der Waals surface area contributed by atoms with E-state index in [4.69, 9.17) is 0 Å². The molecule has 1 aliphatic carbocycles. The van der Waals surface area contributed by atoms with Crippen LogP contribution in [0.1, 0.15) is 46.4 Å². The first-order valence-corrected chi connectivity index (χ1v) is 9.85. The monoisotopic (exact) mass is 374 g/mol. The maximum Gasteiger partial charge on any atom is 0.261 e. The zero-order valence-corrected chi connectivity index (χ0v) is 16.6. The van der Waals surface area contributed by atoms with Crippen molar-refractivity contribution >= 4 is 28.2 Å². The molecule has 6 nitrogen and oxygen atoms in total. The molecule has 0 aromatic carbocycles. The Morgan fingerprint density at radius 3 is 2.65 bits per heavy atom. The minimum atomic E-state index is -0.0837. The molecule has 1 unspecified atom stereocenters. The van der Waals surface area contributed by atoms with Crippen LogP contribution in [0, 0.1) is 32.6 Å². The predicted molar refractivity (Wildman–Crippen MR) is 104 cm³/mol. The van der Waals surface area contributed by atoms with Crippen LogP contribution in [0.2, 0.25) is 0 Å². The van der Waals surface area contributed by atoms with Gasteiger partial charge in [-0.3, -0.25) is 14.3 Å². The lowest BCUT2D eigenvalue weighted by molar-refractivity contribution is -0.117. The van der Waals surface area contributed by atoms with E-state index in [1.54, 1.807) is 0 Å². The summed E-state index contributed by atoms with van der Waals surface area (Å²) in [5.74, 6) is 0.410. The van der Waals surface area contributed by atoms with Gasteiger partial charge in [0, 0.05) is 24.7 Å². The van der Waals surface area contributed by atoms with Crippen molar-refractivity contribution in [2.75, 3.05) is 11.9 Å². The summed E-state index contributed by atoms with van der Waals surface area (Å²) in [5, 5.41) is 11.1. The number of nitrogens with one attached hydrogen (secondary N) is 2. The largest absolute Gasteiger partial charge is 0.351 e. The van der Waals surface area contributed by atoms with Gasteiger partial charge in [-0.05, 0) is 57.2 Å². The maximum atomic E-state index is 12.5. The number of carbonyl (C=O) groups excluding carboxylic acids is 2. The fraction of sp³-hybridized carbons (Fsp3) is 0.526. The fourth-order valence-corrected chi connectivity index (χ4v) is 3.90. The summed E-state index contributed by atoms with van der Waals surface area (Å²) in [6.07, 6.45) is 1.94. The minimum Gasteiger partial charge on any atom is -0.351 e. The molecule has 1 atom stereocenters. The molecule has 26 heavy (non-hydrogen) atoms. The van der Waals surface area contributed by atoms with Crippen molar-refractivity contribution < 1.29 is 9.59 Å². The second-order valence-electron chi connectivity index (χ2n) is 7.31. The van der Waals surface area contributed by atoms with Gasteiger partial charge in [-0.1, -0.05) is 6.92 Å². The molecule has 1 saturated carbocycles. The standard InChI is InChI=1S/C19H26N4O2S/c1-11(10-23-14(4)8-13(3)22-23)9-20-19(25)17-12(2)7-16(26-17)21-18(24)15-5-6-15/h7-8,11,15H,5-6,9-10H2,1-4H3,(H,20,25)(H,21,24). The normalized spacial score (nSPS) is 14.9. The van der Waals surface area contributed by atoms with Crippen molar-refractivity contribution in [3.63, 3.8) is 0 Å². The summed E-state index contributed by atoms with van der Waals surface area (Å²) in [6.45, 7) is 9.37. The van der Waals surface area contributed by atoms with E-state index in [0.717, 1.165) is 41.3 Å². The molecule has 2 amide bonds. The maximum absolute atomic E-state index is 12.5. The van der Waals surface area contributed by atoms with Crippen LogP contribution >= 0.6 is 11.3 Å². The van der Waals surface area contributed by atoms with Crippen LogP contribution in [0.15, 0.2) is 12.1 Å². The summed E-state index contributed by atoms with van der Waals surface area (Å²) < 4.78 is 1.98. The summed E-state index contributed by atoms with van der Waals surface area (Å²) in [6, 6.07) is 3.93. The van der Waals surface area contributed by atoms with E-state index in [1.807, 2.05) is 31.5 Å². The molecule has 0 bridgehead atoms. The third kappa shape index (κ3) is 4.52. The Labute approximate surface area is 158 Å². The topological polar surface area (TPSA) is 76.0 Å². The molecular weight excluding hydrogens is 348 g/mol. The summed E-state index contributed by atoms with van der Waals surface area (Å²) in [5.41, 5.74) is 3.03. The lowest BCUT2D eigenvalue weighted by atomic mass is 10.1. The Balaban J connectivity index is 1.53. The van der Waals surface area contributed by atoms with Gasteiger partial charge in [0.05, 0.1) is 15.6 Å². The first-order chi connectivity index (χ1) is 12.3. The molecule has 1 aliphatic rings. The molecule has 0 aliphatic heterocycles. The van der Waals surface area contributed by atoms with Crippen LogP contribution in [-0.4, -0.2) is 28.1 Å². The van der Waals surface area contributed by atoms with Crippen LogP contribution in [0.25, 0.3) is 0 Å². The minimum absolute atomic E-state index is 0.0664. The molecule has 2 heterocycles. The number of hydrogen-bond donors (Lipinski definition) is 2. The second-order valence-corrected chi connectivity index (χ2v) is 8.36. The average Bonchev–Trinajstić information content (AvgIpc) is 3.29. The third-order valence-electron chi connectivity index (χ3n) is 4.52. The Morgan fingerprint density at radius 1 is 1.31 bits per heavy atom. The van der Waals surface area contributed by atoms with Crippen LogP contribution in [0.3, 0.4) is 0 Å². The molecule has 3 rings (SSSR count). The SMILES string of the molecule is Cc1cc(C)n(CC(C)CNC(=O)c2sc(NC(=O)C3CC3)cc2C)n1. The number of carbonyl (C=O) groups is 2. The lowest BCUT2D eigenvalue weighted by Crippen LogP contribution is -2.30. The Bertz CT molecular complexity index is 820. The fourth-order valence-electron chi connectivity index (χ4n) is 2.90. The summed E-state index contributed by atoms with van der Waals surface area (Å²) in [4.78, 5) is 25.0. The van der Waals surface area contributed by atoms with E-state index >= 15 is 0 Å². The van der Waals surface area contributed by atoms with E-state index in [-0.39, 0.29) is 23.7 Å². The molecule has 2 aromatic heterocycles. The van der Waals surface area contributed by atoms with Gasteiger partial charge < -0.3 is 10.6 Å². The van der Waals surface area contributed by atoms with Gasteiger partial charge in [-0.15, -0.1) is 11.3 Å². The molecule has 0 saturated heterocycles. The Morgan fingerprint density at radius 2 is 2.04 bits per heavy atom. The lowest BCUT2D eigenvalue weighted by Gasteiger charge is -2.14. The quantitative estimate of drug-likeness (QED) is 0.781. The number of amides is 2. The van der Waals surface area contributed by atoms with E-state index < -0.39 is 0 Å². The molecule has 2 N–H and O–H groups in total. The van der Waals surface area contributed by atoms with E-state index in [0.29, 0.717) is 11.4 Å². The average molecular weight is 375 g/mol. The van der Waals surface area contributed by atoms with Crippen molar-refractivity contribution in [2.24, 2.45) is 11.8 Å². The molecule has 1 fully saturated rings. The van der Waals surface area contributed by atoms with Crippen LogP contribution < -0.4 is 10.6 Å². The molecular formula is C19H26N4O2S. The highest BCUT2D eigenvalue weighted by Gasteiger charge is 2.30. The van der Waals surface area contributed by atoms with Crippen molar-refractivity contribution in [3.8, 4) is 0 Å². The summed E-state index contributed by atoms with van der Waals surface area (Å²) in [7, 11) is 0. The van der Waals surface area contributed by atoms with Gasteiger partial charge in [0.2, 0.25) is 5.91 Å². The molecule has 0 radical (unpaired) electrons. The number of rotatable bonds is 7. The van der Waals surface area contributed by atoms with E-state index in [1.165, 1.54) is 11.3 Å². The molecule has 7 heteroatoms. The smallest absolute Gasteiger partial charge is 0.261 e. The van der Waals surface area contributed by atoms with Crippen molar-refractivity contribution in [1.82, 2.24) is 15.1 Å². The van der Waals surface area contributed by atoms with E-state index in [2.05, 4.69) is 28.7 Å². The highest BCUT2D eigenvalue weighted by molar-refractivity contribution is 7.18. The number of hydrogen-bond acceptors (Lipinski definition) is 4. The Kier molecular flexibility index (Phi) is 5.46. The third-order valence-corrected chi connectivity index (χ3v) is 5.67. The van der Waals surface area contributed by atoms with Crippen molar-refractivity contribution in [3.05, 3.63) is 34.0 Å². The molecule has 0 spiro atoms. The van der Waals surface area contributed by atoms with Crippen molar-refractivity contribution in [1.29, 1.82) is 0 Å². The first-order valence-electron chi connectivity index (χ1n) is 9.04. The van der Waals surface area contributed by atoms with E-state index in [9.17, 15) is 9.59 Å². The predicted octanol–water partition coefficient (Wildman–Crippen LogP) is 3.28. The van der Waals surface area contributed by atoms with Gasteiger partial charge in [-0.25, -0.2) is 0 Å². The highest BCUT2D eigenvalue weighted by atomic mass is 32.1. The Hall–Kier alpha value is -2.15. The number of aromatic nitrogens is 2. The van der Waals surface area contributed by atoms with Gasteiger partial charge in [-0.2, -0.15) is 5.10 Å². The molecule has 140 valence electrons. The van der Waals surface area contributed by atoms with Crippen LogP contribution in [-0.2, 0) is 11.3 Å². The highest BCUT2D eigenvalue weighted by Crippen LogP contribution is 2.32. The number of aryl methyl sites for hydroxylation is 3. The number of thiophene rings is 1. The second kappa shape index (κ2) is 7.61. The van der Waals surface area contributed by atoms with Gasteiger partial charge in [0.15, 0.2) is 0 Å².